The van der Waals surface area contributed by atoms with Crippen molar-refractivity contribution in [1.82, 2.24) is 4.98 Å². The number of rotatable bonds is 3. The first-order chi connectivity index (χ1) is 10.1. The van der Waals surface area contributed by atoms with Crippen LogP contribution in [-0.2, 0) is 12.8 Å². The summed E-state index contributed by atoms with van der Waals surface area (Å²) in [7, 11) is 0. The Bertz CT molecular complexity index is 685. The number of benzene rings is 1. The zero-order chi connectivity index (χ0) is 14.8. The number of nitrogens with zero attached hydrogens (tertiary/aromatic N) is 1. The van der Waals surface area contributed by atoms with Crippen molar-refractivity contribution in [2.24, 2.45) is 5.73 Å². The first-order valence-electron chi connectivity index (χ1n) is 6.89. The molecule has 5 heteroatoms. The molecule has 1 aliphatic carbocycles. The topological polar surface area (TPSA) is 48.1 Å². The van der Waals surface area contributed by atoms with E-state index in [-0.39, 0.29) is 10.8 Å². The summed E-state index contributed by atoms with van der Waals surface area (Å²) in [4.78, 5) is 4.83. The Morgan fingerprint density at radius 1 is 1.19 bits per heavy atom. The third kappa shape index (κ3) is 3.03. The molecule has 108 valence electrons. The van der Waals surface area contributed by atoms with Gasteiger partial charge in [0.15, 0.2) is 0 Å². The molecule has 0 fully saturated rings. The van der Waals surface area contributed by atoms with Gasteiger partial charge in [-0.05, 0) is 61.6 Å². The molecule has 0 saturated heterocycles. The Hall–Kier alpha value is -2.01. The van der Waals surface area contributed by atoms with Crippen LogP contribution in [0.3, 0.4) is 0 Å². The van der Waals surface area contributed by atoms with Crippen LogP contribution in [0.2, 0.25) is 0 Å². The lowest BCUT2D eigenvalue weighted by molar-refractivity contribution is 0.455. The number of hydrogen-bond donors (Lipinski definition) is 1. The van der Waals surface area contributed by atoms with Crippen molar-refractivity contribution in [3.05, 3.63) is 53.0 Å². The van der Waals surface area contributed by atoms with E-state index in [1.807, 2.05) is 6.07 Å². The molecular formula is C16H15FN2OS. The van der Waals surface area contributed by atoms with Gasteiger partial charge in [-0.15, -0.1) is 0 Å². The van der Waals surface area contributed by atoms with Gasteiger partial charge in [-0.25, -0.2) is 9.37 Å². The number of aryl methyl sites for hydroxylation is 2. The highest BCUT2D eigenvalue weighted by Crippen LogP contribution is 2.29. The van der Waals surface area contributed by atoms with Crippen molar-refractivity contribution in [2.45, 2.75) is 25.7 Å². The van der Waals surface area contributed by atoms with E-state index in [1.165, 1.54) is 17.7 Å². The minimum atomic E-state index is -0.310. The summed E-state index contributed by atoms with van der Waals surface area (Å²) in [5.41, 5.74) is 8.64. The number of halogens is 1. The summed E-state index contributed by atoms with van der Waals surface area (Å²) in [5.74, 6) is 0.599. The first kappa shape index (κ1) is 13.9. The minimum Gasteiger partial charge on any atom is -0.438 e. The standard InChI is InChI=1S/C16H15FN2OS/c17-11-5-7-12(8-6-11)20-16-13(15(18)21)9-10-3-1-2-4-14(10)19-16/h5-9H,1-4H2,(H2,18,21). The highest BCUT2D eigenvalue weighted by Gasteiger charge is 2.17. The fraction of sp³-hybridized carbons (Fsp3) is 0.250. The summed E-state index contributed by atoms with van der Waals surface area (Å²) in [6.45, 7) is 0. The van der Waals surface area contributed by atoms with Gasteiger partial charge < -0.3 is 10.5 Å². The summed E-state index contributed by atoms with van der Waals surface area (Å²) < 4.78 is 18.7. The van der Waals surface area contributed by atoms with Crippen LogP contribution in [-0.4, -0.2) is 9.97 Å². The molecule has 1 aromatic heterocycles. The number of thiocarbonyl (C=S) groups is 1. The smallest absolute Gasteiger partial charge is 0.229 e. The second kappa shape index (κ2) is 5.77. The highest BCUT2D eigenvalue weighted by atomic mass is 32.1. The monoisotopic (exact) mass is 302 g/mol. The lowest BCUT2D eigenvalue weighted by Gasteiger charge is -2.18. The van der Waals surface area contributed by atoms with Crippen molar-refractivity contribution < 1.29 is 9.13 Å². The first-order valence-corrected chi connectivity index (χ1v) is 7.30. The van der Waals surface area contributed by atoms with Crippen LogP contribution in [0.25, 0.3) is 0 Å². The van der Waals surface area contributed by atoms with E-state index in [4.69, 9.17) is 22.7 Å². The second-order valence-corrected chi connectivity index (χ2v) is 5.51. The van der Waals surface area contributed by atoms with E-state index in [0.29, 0.717) is 17.2 Å². The molecule has 1 aromatic carbocycles. The Labute approximate surface area is 128 Å². The molecule has 0 unspecified atom stereocenters. The zero-order valence-corrected chi connectivity index (χ0v) is 12.3. The molecular weight excluding hydrogens is 287 g/mol. The van der Waals surface area contributed by atoms with E-state index >= 15 is 0 Å². The van der Waals surface area contributed by atoms with Crippen molar-refractivity contribution in [1.29, 1.82) is 0 Å². The van der Waals surface area contributed by atoms with E-state index in [9.17, 15) is 4.39 Å². The largest absolute Gasteiger partial charge is 0.438 e. The van der Waals surface area contributed by atoms with E-state index in [0.717, 1.165) is 31.4 Å². The average Bonchev–Trinajstić information content (AvgIpc) is 2.48. The molecule has 21 heavy (non-hydrogen) atoms. The SMILES string of the molecule is NC(=S)c1cc2c(nc1Oc1ccc(F)cc1)CCCC2. The Balaban J connectivity index is 1.99. The van der Waals surface area contributed by atoms with Gasteiger partial charge in [0.05, 0.1) is 5.56 Å². The molecule has 1 aliphatic rings. The van der Waals surface area contributed by atoms with Crippen LogP contribution >= 0.6 is 12.2 Å². The molecule has 0 saturated carbocycles. The number of aromatic nitrogens is 1. The Kier molecular flexibility index (Phi) is 3.84. The summed E-state index contributed by atoms with van der Waals surface area (Å²) >= 11 is 5.09. The number of hydrogen-bond acceptors (Lipinski definition) is 3. The summed E-state index contributed by atoms with van der Waals surface area (Å²) in [6.07, 6.45) is 4.22. The van der Waals surface area contributed by atoms with Crippen molar-refractivity contribution >= 4 is 17.2 Å². The fourth-order valence-corrected chi connectivity index (χ4v) is 2.63. The predicted octanol–water partition coefficient (Wildman–Crippen LogP) is 3.53. The van der Waals surface area contributed by atoms with Crippen LogP contribution < -0.4 is 10.5 Å². The van der Waals surface area contributed by atoms with Gasteiger partial charge in [-0.2, -0.15) is 0 Å². The van der Waals surface area contributed by atoms with E-state index in [2.05, 4.69) is 4.98 Å². The Morgan fingerprint density at radius 2 is 1.90 bits per heavy atom. The molecule has 2 N–H and O–H groups in total. The average molecular weight is 302 g/mol. The van der Waals surface area contributed by atoms with Crippen molar-refractivity contribution in [3.63, 3.8) is 0 Å². The van der Waals surface area contributed by atoms with Gasteiger partial charge in [0.2, 0.25) is 5.88 Å². The van der Waals surface area contributed by atoms with Crippen LogP contribution in [0.1, 0.15) is 29.7 Å². The highest BCUT2D eigenvalue weighted by molar-refractivity contribution is 7.80. The van der Waals surface area contributed by atoms with Gasteiger partial charge in [-0.1, -0.05) is 12.2 Å². The van der Waals surface area contributed by atoms with Gasteiger partial charge in [0.25, 0.3) is 0 Å². The molecule has 0 amide bonds. The normalized spacial score (nSPS) is 13.6. The maximum absolute atomic E-state index is 12.9. The summed E-state index contributed by atoms with van der Waals surface area (Å²) in [6, 6.07) is 7.77. The third-order valence-electron chi connectivity index (χ3n) is 3.56. The molecule has 2 aromatic rings. The maximum Gasteiger partial charge on any atom is 0.229 e. The fourth-order valence-electron chi connectivity index (χ4n) is 2.48. The van der Waals surface area contributed by atoms with Crippen LogP contribution in [0.4, 0.5) is 4.39 Å². The molecule has 0 bridgehead atoms. The molecule has 1 heterocycles. The maximum atomic E-state index is 12.9. The number of fused-ring (bicyclic) bond motifs is 1. The zero-order valence-electron chi connectivity index (χ0n) is 11.4. The van der Waals surface area contributed by atoms with Crippen LogP contribution in [0, 0.1) is 5.82 Å². The molecule has 3 nitrogen and oxygen atoms in total. The number of pyridine rings is 1. The summed E-state index contributed by atoms with van der Waals surface area (Å²) in [5, 5.41) is 0. The lowest BCUT2D eigenvalue weighted by Crippen LogP contribution is -2.15. The molecule has 0 aliphatic heterocycles. The minimum absolute atomic E-state index is 0.257. The van der Waals surface area contributed by atoms with Crippen LogP contribution in [0.5, 0.6) is 11.6 Å². The van der Waals surface area contributed by atoms with Crippen molar-refractivity contribution in [2.75, 3.05) is 0 Å². The van der Waals surface area contributed by atoms with Gasteiger partial charge in [0.1, 0.15) is 16.6 Å². The predicted molar refractivity (Wildman–Crippen MR) is 83.2 cm³/mol. The quantitative estimate of drug-likeness (QED) is 0.881. The Morgan fingerprint density at radius 3 is 2.62 bits per heavy atom. The van der Waals surface area contributed by atoms with Crippen LogP contribution in [0.15, 0.2) is 30.3 Å². The van der Waals surface area contributed by atoms with E-state index < -0.39 is 0 Å². The van der Waals surface area contributed by atoms with Gasteiger partial charge in [-0.3, -0.25) is 0 Å². The molecule has 3 rings (SSSR count). The second-order valence-electron chi connectivity index (χ2n) is 5.07. The van der Waals surface area contributed by atoms with E-state index in [1.54, 1.807) is 12.1 Å². The number of ether oxygens (including phenoxy) is 1. The van der Waals surface area contributed by atoms with Gasteiger partial charge in [0, 0.05) is 5.69 Å². The van der Waals surface area contributed by atoms with Gasteiger partial charge >= 0.3 is 0 Å². The van der Waals surface area contributed by atoms with Crippen molar-refractivity contribution in [3.8, 4) is 11.6 Å². The number of nitrogens with two attached hydrogens (primary N) is 1. The molecule has 0 spiro atoms. The third-order valence-corrected chi connectivity index (χ3v) is 3.78. The lowest BCUT2D eigenvalue weighted by atomic mass is 9.95. The molecule has 0 radical (unpaired) electrons. The molecule has 0 atom stereocenters.